The SMILES string of the molecule is O=C(N[C@@H]1CN[C@@H](C(=O)OCc2ccccc2)C1)OCc1ccccc1. The van der Waals surface area contributed by atoms with E-state index in [1.807, 2.05) is 60.7 Å². The van der Waals surface area contributed by atoms with Crippen molar-refractivity contribution in [3.8, 4) is 0 Å². The third-order valence-corrected chi connectivity index (χ3v) is 4.17. The first-order valence-corrected chi connectivity index (χ1v) is 8.62. The summed E-state index contributed by atoms with van der Waals surface area (Å²) in [5, 5.41) is 5.85. The quantitative estimate of drug-likeness (QED) is 0.779. The molecule has 0 radical (unpaired) electrons. The predicted molar refractivity (Wildman–Crippen MR) is 96.2 cm³/mol. The van der Waals surface area contributed by atoms with Gasteiger partial charge in [-0.2, -0.15) is 0 Å². The first-order chi connectivity index (χ1) is 12.7. The molecule has 0 unspecified atom stereocenters. The molecule has 0 aromatic heterocycles. The third kappa shape index (κ3) is 5.32. The first kappa shape index (κ1) is 17.9. The molecular weight excluding hydrogens is 332 g/mol. The molecule has 6 heteroatoms. The first-order valence-electron chi connectivity index (χ1n) is 8.62. The van der Waals surface area contributed by atoms with Gasteiger partial charge in [0.2, 0.25) is 0 Å². The van der Waals surface area contributed by atoms with Crippen LogP contribution >= 0.6 is 0 Å². The predicted octanol–water partition coefficient (Wildman–Crippen LogP) is 2.39. The summed E-state index contributed by atoms with van der Waals surface area (Å²) in [4.78, 5) is 24.0. The second kappa shape index (κ2) is 9.01. The van der Waals surface area contributed by atoms with Crippen molar-refractivity contribution in [3.63, 3.8) is 0 Å². The summed E-state index contributed by atoms with van der Waals surface area (Å²) in [6, 6.07) is 18.4. The second-order valence-corrected chi connectivity index (χ2v) is 6.19. The average Bonchev–Trinajstić information content (AvgIpc) is 3.14. The maximum absolute atomic E-state index is 12.1. The lowest BCUT2D eigenvalue weighted by Crippen LogP contribution is -2.36. The van der Waals surface area contributed by atoms with Gasteiger partial charge in [-0.15, -0.1) is 0 Å². The molecule has 2 aromatic carbocycles. The summed E-state index contributed by atoms with van der Waals surface area (Å²) < 4.78 is 10.5. The van der Waals surface area contributed by atoms with Crippen molar-refractivity contribution in [2.75, 3.05) is 6.54 Å². The molecular formula is C20H22N2O4. The standard InChI is InChI=1S/C20H22N2O4/c23-19(25-13-15-7-3-1-4-8-15)18-11-17(12-21-18)22-20(24)26-14-16-9-5-2-6-10-16/h1-10,17-18,21H,11-14H2,(H,22,24)/t17-,18+/m0/s1. The number of hydrogen-bond donors (Lipinski definition) is 2. The Morgan fingerprint density at radius 1 is 0.923 bits per heavy atom. The number of alkyl carbamates (subject to hydrolysis) is 1. The molecule has 0 spiro atoms. The van der Waals surface area contributed by atoms with Gasteiger partial charge in [-0.3, -0.25) is 4.79 Å². The smallest absolute Gasteiger partial charge is 0.407 e. The number of amides is 1. The Labute approximate surface area is 152 Å². The number of rotatable bonds is 6. The van der Waals surface area contributed by atoms with E-state index >= 15 is 0 Å². The number of esters is 1. The Morgan fingerprint density at radius 3 is 2.12 bits per heavy atom. The monoisotopic (exact) mass is 354 g/mol. The van der Waals surface area contributed by atoms with Crippen LogP contribution in [0.5, 0.6) is 0 Å². The maximum Gasteiger partial charge on any atom is 0.407 e. The summed E-state index contributed by atoms with van der Waals surface area (Å²) >= 11 is 0. The molecule has 2 N–H and O–H groups in total. The highest BCUT2D eigenvalue weighted by atomic mass is 16.5. The molecule has 1 saturated heterocycles. The summed E-state index contributed by atoms with van der Waals surface area (Å²) in [7, 11) is 0. The van der Waals surface area contributed by atoms with Gasteiger partial charge in [-0.25, -0.2) is 4.79 Å². The molecule has 0 saturated carbocycles. The van der Waals surface area contributed by atoms with Gasteiger partial charge in [-0.1, -0.05) is 60.7 Å². The van der Waals surface area contributed by atoms with E-state index in [1.165, 1.54) is 0 Å². The molecule has 26 heavy (non-hydrogen) atoms. The van der Waals surface area contributed by atoms with E-state index in [9.17, 15) is 9.59 Å². The van der Waals surface area contributed by atoms with Crippen molar-refractivity contribution in [3.05, 3.63) is 71.8 Å². The van der Waals surface area contributed by atoms with E-state index in [0.717, 1.165) is 11.1 Å². The Bertz CT molecular complexity index is 721. The van der Waals surface area contributed by atoms with Gasteiger partial charge in [0.1, 0.15) is 19.3 Å². The van der Waals surface area contributed by atoms with Gasteiger partial charge in [0.15, 0.2) is 0 Å². The molecule has 2 atom stereocenters. The van der Waals surface area contributed by atoms with Gasteiger partial charge in [-0.05, 0) is 17.5 Å². The normalized spacial score (nSPS) is 18.9. The molecule has 0 aliphatic carbocycles. The Hall–Kier alpha value is -2.86. The van der Waals surface area contributed by atoms with Crippen molar-refractivity contribution >= 4 is 12.1 Å². The zero-order chi connectivity index (χ0) is 18.2. The Morgan fingerprint density at radius 2 is 1.50 bits per heavy atom. The fourth-order valence-corrected chi connectivity index (χ4v) is 2.79. The van der Waals surface area contributed by atoms with Crippen LogP contribution in [0.25, 0.3) is 0 Å². The van der Waals surface area contributed by atoms with Crippen LogP contribution in [-0.2, 0) is 27.5 Å². The minimum atomic E-state index is -0.487. The zero-order valence-electron chi connectivity index (χ0n) is 14.4. The van der Waals surface area contributed by atoms with Crippen molar-refractivity contribution in [1.82, 2.24) is 10.6 Å². The summed E-state index contributed by atoms with van der Waals surface area (Å²) in [5.41, 5.74) is 1.87. The van der Waals surface area contributed by atoms with Crippen molar-refractivity contribution in [1.29, 1.82) is 0 Å². The number of nitrogens with one attached hydrogen (secondary N) is 2. The van der Waals surface area contributed by atoms with Crippen LogP contribution in [-0.4, -0.2) is 30.7 Å². The van der Waals surface area contributed by atoms with E-state index < -0.39 is 12.1 Å². The number of ether oxygens (including phenoxy) is 2. The fourth-order valence-electron chi connectivity index (χ4n) is 2.79. The highest BCUT2D eigenvalue weighted by molar-refractivity contribution is 5.76. The molecule has 6 nitrogen and oxygen atoms in total. The van der Waals surface area contributed by atoms with Crippen LogP contribution in [0.3, 0.4) is 0 Å². The Kier molecular flexibility index (Phi) is 6.22. The maximum atomic E-state index is 12.1. The molecule has 136 valence electrons. The molecule has 3 rings (SSSR count). The fraction of sp³-hybridized carbons (Fsp3) is 0.300. The highest BCUT2D eigenvalue weighted by Gasteiger charge is 2.31. The second-order valence-electron chi connectivity index (χ2n) is 6.19. The van der Waals surface area contributed by atoms with Crippen LogP contribution in [0.2, 0.25) is 0 Å². The Balaban J connectivity index is 1.37. The third-order valence-electron chi connectivity index (χ3n) is 4.17. The molecule has 2 aromatic rings. The van der Waals surface area contributed by atoms with E-state index in [1.54, 1.807) is 0 Å². The van der Waals surface area contributed by atoms with E-state index in [4.69, 9.17) is 9.47 Å². The number of carbonyl (C=O) groups is 2. The summed E-state index contributed by atoms with van der Waals surface area (Å²) in [5.74, 6) is -0.309. The highest BCUT2D eigenvalue weighted by Crippen LogP contribution is 2.11. The van der Waals surface area contributed by atoms with Crippen LogP contribution in [0.1, 0.15) is 17.5 Å². The van der Waals surface area contributed by atoms with Gasteiger partial charge < -0.3 is 20.1 Å². The van der Waals surface area contributed by atoms with E-state index in [-0.39, 0.29) is 25.2 Å². The number of benzene rings is 2. The van der Waals surface area contributed by atoms with Gasteiger partial charge >= 0.3 is 12.1 Å². The van der Waals surface area contributed by atoms with Crippen molar-refractivity contribution in [2.45, 2.75) is 31.7 Å². The molecule has 1 fully saturated rings. The van der Waals surface area contributed by atoms with Gasteiger partial charge in [0.25, 0.3) is 0 Å². The molecule has 1 heterocycles. The molecule has 1 amide bonds. The summed E-state index contributed by atoms with van der Waals surface area (Å²) in [6.45, 7) is 0.968. The molecule has 0 bridgehead atoms. The lowest BCUT2D eigenvalue weighted by molar-refractivity contribution is -0.147. The van der Waals surface area contributed by atoms with Crippen LogP contribution in [0.4, 0.5) is 4.79 Å². The van der Waals surface area contributed by atoms with Crippen LogP contribution in [0, 0.1) is 0 Å². The average molecular weight is 354 g/mol. The largest absolute Gasteiger partial charge is 0.460 e. The number of hydrogen-bond acceptors (Lipinski definition) is 5. The minimum Gasteiger partial charge on any atom is -0.460 e. The topological polar surface area (TPSA) is 76.7 Å². The van der Waals surface area contributed by atoms with E-state index in [0.29, 0.717) is 13.0 Å². The van der Waals surface area contributed by atoms with Crippen LogP contribution < -0.4 is 10.6 Å². The van der Waals surface area contributed by atoms with Crippen molar-refractivity contribution in [2.24, 2.45) is 0 Å². The van der Waals surface area contributed by atoms with Crippen molar-refractivity contribution < 1.29 is 19.1 Å². The lowest BCUT2D eigenvalue weighted by Gasteiger charge is -2.13. The minimum absolute atomic E-state index is 0.160. The molecule has 1 aliphatic heterocycles. The summed E-state index contributed by atoms with van der Waals surface area (Å²) in [6.07, 6.45) is -0.00686. The van der Waals surface area contributed by atoms with Gasteiger partial charge in [0.05, 0.1) is 0 Å². The number of carbonyl (C=O) groups excluding carboxylic acids is 2. The van der Waals surface area contributed by atoms with Crippen LogP contribution in [0.15, 0.2) is 60.7 Å². The van der Waals surface area contributed by atoms with Gasteiger partial charge in [0, 0.05) is 12.6 Å². The molecule has 1 aliphatic rings. The lowest BCUT2D eigenvalue weighted by atomic mass is 10.2. The zero-order valence-corrected chi connectivity index (χ0v) is 14.4. The van der Waals surface area contributed by atoms with E-state index in [2.05, 4.69) is 10.6 Å².